The fraction of sp³-hybridized carbons (Fsp3) is 0.174. The highest BCUT2D eigenvalue weighted by Gasteiger charge is 2.39. The third-order valence-electron chi connectivity index (χ3n) is 4.59. The van der Waals surface area contributed by atoms with Crippen molar-refractivity contribution in [2.24, 2.45) is 0 Å². The maximum Gasteiger partial charge on any atom is 0.490 e. The first-order valence-corrected chi connectivity index (χ1v) is 11.3. The number of carbonyl (C=O) groups excluding carboxylic acids is 1. The number of nitrogens with zero attached hydrogens (tertiary/aromatic N) is 1. The number of nitrogens with one attached hydrogen (secondary N) is 2. The van der Waals surface area contributed by atoms with Crippen LogP contribution in [0.25, 0.3) is 0 Å². The minimum atomic E-state index is -5.08. The third-order valence-corrected chi connectivity index (χ3v) is 5.26. The van der Waals surface area contributed by atoms with Crippen molar-refractivity contribution >= 4 is 40.3 Å². The van der Waals surface area contributed by atoms with Crippen molar-refractivity contribution < 1.29 is 54.2 Å². The van der Waals surface area contributed by atoms with E-state index >= 15 is 0 Å². The Bertz CT molecular complexity index is 1290. The standard InChI is InChI=1S/C21H14F6IN3O.C2HF3O2/c22-20(23,24)13-8-6-12(7-9-13)17(18-16(21(25,26)27)5-2-10-29-18)31-19(32)30-15-4-1-3-14(28)11-15;3-2(4,5)1(6)7/h1-11,17H,(H2,30,31,32);(H,6,7)/t17-;/m0./s1. The molecule has 0 aliphatic heterocycles. The van der Waals surface area contributed by atoms with Crippen LogP contribution in [0.15, 0.2) is 66.9 Å². The normalized spacial score (nSPS) is 12.6. The van der Waals surface area contributed by atoms with E-state index in [0.717, 1.165) is 46.2 Å². The molecule has 3 aromatic rings. The Balaban J connectivity index is 0.000000673. The molecule has 210 valence electrons. The number of rotatable bonds is 4. The van der Waals surface area contributed by atoms with E-state index in [1.807, 2.05) is 22.6 Å². The number of aromatic nitrogens is 1. The Morgan fingerprint density at radius 3 is 1.92 bits per heavy atom. The van der Waals surface area contributed by atoms with E-state index in [0.29, 0.717) is 5.69 Å². The van der Waals surface area contributed by atoms with Crippen LogP contribution < -0.4 is 10.6 Å². The number of carboxylic acid groups (broad SMARTS) is 1. The van der Waals surface area contributed by atoms with Crippen LogP contribution in [-0.2, 0) is 17.1 Å². The van der Waals surface area contributed by atoms with Crippen LogP contribution in [0.3, 0.4) is 0 Å². The van der Waals surface area contributed by atoms with Gasteiger partial charge < -0.3 is 15.7 Å². The molecule has 0 saturated heterocycles. The van der Waals surface area contributed by atoms with Crippen LogP contribution in [0.1, 0.15) is 28.4 Å². The van der Waals surface area contributed by atoms with Gasteiger partial charge in [-0.05, 0) is 70.6 Å². The minimum Gasteiger partial charge on any atom is -0.475 e. The summed E-state index contributed by atoms with van der Waals surface area (Å²) in [7, 11) is 0. The summed E-state index contributed by atoms with van der Waals surface area (Å²) in [6, 6.07) is 9.71. The lowest BCUT2D eigenvalue weighted by atomic mass is 9.98. The van der Waals surface area contributed by atoms with Crippen LogP contribution in [0.4, 0.5) is 50.0 Å². The molecule has 0 aliphatic carbocycles. The molecule has 0 saturated carbocycles. The van der Waals surface area contributed by atoms with Gasteiger partial charge in [0.2, 0.25) is 0 Å². The summed E-state index contributed by atoms with van der Waals surface area (Å²) >= 11 is 2.02. The summed E-state index contributed by atoms with van der Waals surface area (Å²) in [6.45, 7) is 0. The SMILES string of the molecule is O=C(Nc1cccc(I)c1)N[C@@H](c1ccc(C(F)(F)F)cc1)c1ncccc1C(F)(F)F.O=C(O)C(F)(F)F. The maximum atomic E-state index is 13.6. The van der Waals surface area contributed by atoms with Gasteiger partial charge in [-0.15, -0.1) is 0 Å². The van der Waals surface area contributed by atoms with Gasteiger partial charge in [0.25, 0.3) is 0 Å². The minimum absolute atomic E-state index is 0.00000719. The van der Waals surface area contributed by atoms with E-state index in [4.69, 9.17) is 9.90 Å². The number of hydrogen-bond donors (Lipinski definition) is 3. The number of aliphatic carboxylic acids is 1. The molecule has 0 aliphatic rings. The predicted octanol–water partition coefficient (Wildman–Crippen LogP) is 7.27. The average Bonchev–Trinajstić information content (AvgIpc) is 2.81. The number of carboxylic acids is 1. The van der Waals surface area contributed by atoms with Crippen molar-refractivity contribution in [1.82, 2.24) is 10.3 Å². The first kappa shape index (κ1) is 31.6. The largest absolute Gasteiger partial charge is 0.490 e. The number of carbonyl (C=O) groups is 2. The molecule has 0 fully saturated rings. The van der Waals surface area contributed by atoms with Crippen molar-refractivity contribution in [1.29, 1.82) is 0 Å². The van der Waals surface area contributed by atoms with Crippen LogP contribution in [0.5, 0.6) is 0 Å². The van der Waals surface area contributed by atoms with Gasteiger partial charge in [0, 0.05) is 15.5 Å². The second-order valence-electron chi connectivity index (χ2n) is 7.40. The molecule has 39 heavy (non-hydrogen) atoms. The number of anilines is 1. The van der Waals surface area contributed by atoms with Gasteiger partial charge in [-0.25, -0.2) is 9.59 Å². The number of benzene rings is 2. The Labute approximate surface area is 227 Å². The summed E-state index contributed by atoms with van der Waals surface area (Å²) in [5.41, 5.74) is -2.24. The molecule has 0 spiro atoms. The summed E-state index contributed by atoms with van der Waals surface area (Å²) < 4.78 is 112. The first-order valence-electron chi connectivity index (χ1n) is 10.2. The van der Waals surface area contributed by atoms with Crippen LogP contribution in [-0.4, -0.2) is 28.3 Å². The van der Waals surface area contributed by atoms with Gasteiger partial charge in [-0.2, -0.15) is 39.5 Å². The van der Waals surface area contributed by atoms with Crippen molar-refractivity contribution in [2.75, 3.05) is 5.32 Å². The zero-order chi connectivity index (χ0) is 29.6. The second-order valence-corrected chi connectivity index (χ2v) is 8.64. The van der Waals surface area contributed by atoms with Gasteiger partial charge in [0.15, 0.2) is 0 Å². The number of pyridine rings is 1. The lowest BCUT2D eigenvalue weighted by Crippen LogP contribution is -2.35. The zero-order valence-corrected chi connectivity index (χ0v) is 21.1. The number of alkyl halides is 9. The van der Waals surface area contributed by atoms with Crippen molar-refractivity contribution in [2.45, 2.75) is 24.6 Å². The Morgan fingerprint density at radius 1 is 0.846 bits per heavy atom. The fourth-order valence-electron chi connectivity index (χ4n) is 2.93. The van der Waals surface area contributed by atoms with Crippen molar-refractivity contribution in [3.63, 3.8) is 0 Å². The molecule has 6 nitrogen and oxygen atoms in total. The molecular formula is C23H15F9IN3O3. The van der Waals surface area contributed by atoms with E-state index in [-0.39, 0.29) is 5.56 Å². The summed E-state index contributed by atoms with van der Waals surface area (Å²) in [4.78, 5) is 25.2. The quantitative estimate of drug-likeness (QED) is 0.200. The third kappa shape index (κ3) is 9.60. The van der Waals surface area contributed by atoms with E-state index in [2.05, 4.69) is 15.6 Å². The molecule has 1 aromatic heterocycles. The van der Waals surface area contributed by atoms with Crippen LogP contribution >= 0.6 is 22.6 Å². The highest BCUT2D eigenvalue weighted by atomic mass is 127. The maximum absolute atomic E-state index is 13.6. The van der Waals surface area contributed by atoms with Gasteiger partial charge in [0.1, 0.15) is 0 Å². The molecule has 0 unspecified atom stereocenters. The molecule has 0 bridgehead atoms. The summed E-state index contributed by atoms with van der Waals surface area (Å²) in [5, 5.41) is 12.0. The van der Waals surface area contributed by atoms with E-state index in [1.165, 1.54) is 0 Å². The Kier molecular flexibility index (Phi) is 10.2. The highest BCUT2D eigenvalue weighted by molar-refractivity contribution is 14.1. The van der Waals surface area contributed by atoms with E-state index in [1.54, 1.807) is 24.3 Å². The van der Waals surface area contributed by atoms with E-state index < -0.39 is 53.4 Å². The number of hydrogen-bond acceptors (Lipinski definition) is 3. The van der Waals surface area contributed by atoms with Gasteiger partial charge in [0.05, 0.1) is 22.9 Å². The second kappa shape index (κ2) is 12.5. The molecular weight excluding hydrogens is 664 g/mol. The number of urea groups is 1. The van der Waals surface area contributed by atoms with Crippen molar-refractivity contribution in [3.05, 3.63) is 92.8 Å². The van der Waals surface area contributed by atoms with Crippen LogP contribution in [0, 0.1) is 3.57 Å². The molecule has 0 radical (unpaired) electrons. The van der Waals surface area contributed by atoms with E-state index in [9.17, 15) is 44.3 Å². The fourth-order valence-corrected chi connectivity index (χ4v) is 3.47. The smallest absolute Gasteiger partial charge is 0.475 e. The first-order chi connectivity index (χ1) is 17.9. The van der Waals surface area contributed by atoms with Crippen molar-refractivity contribution in [3.8, 4) is 0 Å². The Hall–Kier alpha value is -3.57. The lowest BCUT2D eigenvalue weighted by molar-refractivity contribution is -0.192. The molecule has 1 heterocycles. The topological polar surface area (TPSA) is 91.3 Å². The molecule has 2 aromatic carbocycles. The van der Waals surface area contributed by atoms with Gasteiger partial charge in [-0.1, -0.05) is 18.2 Å². The van der Waals surface area contributed by atoms with Crippen LogP contribution in [0.2, 0.25) is 0 Å². The lowest BCUT2D eigenvalue weighted by Gasteiger charge is -2.23. The Morgan fingerprint density at radius 2 is 1.44 bits per heavy atom. The monoisotopic (exact) mass is 679 g/mol. The number of amides is 2. The highest BCUT2D eigenvalue weighted by Crippen LogP contribution is 2.36. The van der Waals surface area contributed by atoms with Gasteiger partial charge in [-0.3, -0.25) is 4.98 Å². The summed E-state index contributed by atoms with van der Waals surface area (Å²) in [6.07, 6.45) is -13.4. The summed E-state index contributed by atoms with van der Waals surface area (Å²) in [5.74, 6) is -2.76. The van der Waals surface area contributed by atoms with Gasteiger partial charge >= 0.3 is 30.5 Å². The predicted molar refractivity (Wildman–Crippen MR) is 128 cm³/mol. The average molecular weight is 679 g/mol. The molecule has 2 amide bonds. The molecule has 3 N–H and O–H groups in total. The molecule has 16 heteroatoms. The number of halogens is 10. The molecule has 1 atom stereocenters. The zero-order valence-electron chi connectivity index (χ0n) is 18.9. The molecule has 3 rings (SSSR count).